The molecule has 0 aliphatic carbocycles. The molecule has 0 saturated heterocycles. The van der Waals surface area contributed by atoms with Crippen molar-refractivity contribution >= 4 is 40.1 Å². The molecule has 2 aromatic heterocycles. The van der Waals surface area contributed by atoms with Gasteiger partial charge in [-0.15, -0.1) is 0 Å². The standard InChI is InChI=1S/C15H11Cl2F3N4O/c1-6(7-2-3-10-11(4-7)23-14(25)22-10)21-13-9(16)5-8(12(17)24-13)15(18,19)20/h2-6H,1H3,(H,21,24)(H2,22,23,25). The van der Waals surface area contributed by atoms with Crippen LogP contribution in [0.1, 0.15) is 24.1 Å². The van der Waals surface area contributed by atoms with Gasteiger partial charge in [-0.1, -0.05) is 29.3 Å². The van der Waals surface area contributed by atoms with E-state index in [1.807, 2.05) is 0 Å². The molecule has 3 aromatic rings. The predicted molar refractivity (Wildman–Crippen MR) is 90.2 cm³/mol. The highest BCUT2D eigenvalue weighted by Gasteiger charge is 2.35. The van der Waals surface area contributed by atoms with Gasteiger partial charge in [0.05, 0.1) is 27.7 Å². The van der Waals surface area contributed by atoms with E-state index in [9.17, 15) is 18.0 Å². The molecule has 0 aliphatic heterocycles. The van der Waals surface area contributed by atoms with E-state index >= 15 is 0 Å². The molecule has 1 unspecified atom stereocenters. The summed E-state index contributed by atoms with van der Waals surface area (Å²) in [6, 6.07) is 5.61. The summed E-state index contributed by atoms with van der Waals surface area (Å²) in [7, 11) is 0. The van der Waals surface area contributed by atoms with E-state index in [0.717, 1.165) is 11.6 Å². The van der Waals surface area contributed by atoms with Gasteiger partial charge in [0.25, 0.3) is 0 Å². The van der Waals surface area contributed by atoms with E-state index in [1.165, 1.54) is 0 Å². The van der Waals surface area contributed by atoms with Crippen LogP contribution in [0.5, 0.6) is 0 Å². The summed E-state index contributed by atoms with van der Waals surface area (Å²) < 4.78 is 38.4. The monoisotopic (exact) mass is 390 g/mol. The summed E-state index contributed by atoms with van der Waals surface area (Å²) in [5.41, 5.74) is 0.614. The van der Waals surface area contributed by atoms with Gasteiger partial charge in [0.15, 0.2) is 0 Å². The molecular weight excluding hydrogens is 380 g/mol. The summed E-state index contributed by atoms with van der Waals surface area (Å²) in [5, 5.41) is 2.04. The molecule has 0 spiro atoms. The number of pyridine rings is 1. The second kappa shape index (κ2) is 6.27. The van der Waals surface area contributed by atoms with Crippen LogP contribution in [-0.4, -0.2) is 15.0 Å². The lowest BCUT2D eigenvalue weighted by atomic mass is 10.1. The van der Waals surface area contributed by atoms with Crippen LogP contribution in [-0.2, 0) is 6.18 Å². The Morgan fingerprint density at radius 2 is 1.84 bits per heavy atom. The molecule has 0 fully saturated rings. The summed E-state index contributed by atoms with van der Waals surface area (Å²) in [6.45, 7) is 1.77. The second-order valence-corrected chi connectivity index (χ2v) is 6.17. The molecule has 0 aliphatic rings. The van der Waals surface area contributed by atoms with E-state index in [0.29, 0.717) is 11.0 Å². The fourth-order valence-corrected chi connectivity index (χ4v) is 2.83. The Kier molecular flexibility index (Phi) is 4.42. The Morgan fingerprint density at radius 3 is 2.52 bits per heavy atom. The summed E-state index contributed by atoms with van der Waals surface area (Å²) in [4.78, 5) is 20.3. The third-order valence-corrected chi connectivity index (χ3v) is 4.20. The SMILES string of the molecule is CC(Nc1nc(Cl)c(C(F)(F)F)cc1Cl)c1ccc2[nH]c(=O)[nH]c2c1. The van der Waals surface area contributed by atoms with Crippen LogP contribution in [0.4, 0.5) is 19.0 Å². The van der Waals surface area contributed by atoms with Crippen LogP contribution in [0.25, 0.3) is 11.0 Å². The van der Waals surface area contributed by atoms with Crippen LogP contribution in [0.2, 0.25) is 10.2 Å². The number of rotatable bonds is 3. The molecule has 5 nitrogen and oxygen atoms in total. The number of fused-ring (bicyclic) bond motifs is 1. The van der Waals surface area contributed by atoms with Gasteiger partial charge in [-0.3, -0.25) is 0 Å². The van der Waals surface area contributed by atoms with Crippen molar-refractivity contribution in [2.24, 2.45) is 0 Å². The number of aromatic nitrogens is 3. The number of hydrogen-bond acceptors (Lipinski definition) is 3. The quantitative estimate of drug-likeness (QED) is 0.565. The highest BCUT2D eigenvalue weighted by Crippen LogP contribution is 2.38. The minimum Gasteiger partial charge on any atom is -0.362 e. The Hall–Kier alpha value is -2.19. The molecule has 2 heterocycles. The predicted octanol–water partition coefficient (Wildman–Crippen LogP) is 4.75. The maximum atomic E-state index is 12.8. The van der Waals surface area contributed by atoms with Gasteiger partial charge in [0.1, 0.15) is 11.0 Å². The van der Waals surface area contributed by atoms with E-state index in [2.05, 4.69) is 20.3 Å². The number of nitrogens with one attached hydrogen (secondary N) is 3. The zero-order valence-electron chi connectivity index (χ0n) is 12.6. The molecule has 3 N–H and O–H groups in total. The van der Waals surface area contributed by atoms with E-state index in [1.54, 1.807) is 25.1 Å². The first-order valence-corrected chi connectivity index (χ1v) is 7.82. The lowest BCUT2D eigenvalue weighted by molar-refractivity contribution is -0.137. The number of benzene rings is 1. The van der Waals surface area contributed by atoms with Crippen molar-refractivity contribution in [2.45, 2.75) is 19.1 Å². The van der Waals surface area contributed by atoms with Gasteiger partial charge < -0.3 is 15.3 Å². The first-order valence-electron chi connectivity index (χ1n) is 7.07. The van der Waals surface area contributed by atoms with E-state index < -0.39 is 16.9 Å². The molecule has 3 rings (SSSR count). The average Bonchev–Trinajstić information content (AvgIpc) is 2.88. The smallest absolute Gasteiger partial charge is 0.362 e. The fraction of sp³-hybridized carbons (Fsp3) is 0.200. The summed E-state index contributed by atoms with van der Waals surface area (Å²) in [6.07, 6.45) is -4.64. The highest BCUT2D eigenvalue weighted by atomic mass is 35.5. The molecule has 1 aromatic carbocycles. The third-order valence-electron chi connectivity index (χ3n) is 3.63. The number of H-pyrrole nitrogens is 2. The zero-order chi connectivity index (χ0) is 18.4. The Morgan fingerprint density at radius 1 is 1.16 bits per heavy atom. The molecule has 0 radical (unpaired) electrons. The Balaban J connectivity index is 1.90. The van der Waals surface area contributed by atoms with Crippen molar-refractivity contribution in [2.75, 3.05) is 5.32 Å². The number of nitrogens with zero attached hydrogens (tertiary/aromatic N) is 1. The maximum absolute atomic E-state index is 12.8. The Bertz CT molecular complexity index is 997. The minimum atomic E-state index is -4.64. The van der Waals surface area contributed by atoms with Gasteiger partial charge in [-0.2, -0.15) is 13.2 Å². The number of anilines is 1. The van der Waals surface area contributed by atoms with Crippen molar-refractivity contribution in [3.63, 3.8) is 0 Å². The first-order chi connectivity index (χ1) is 11.6. The summed E-state index contributed by atoms with van der Waals surface area (Å²) in [5.74, 6) is 0.0369. The molecule has 10 heteroatoms. The van der Waals surface area contributed by atoms with E-state index in [4.69, 9.17) is 23.2 Å². The molecule has 25 heavy (non-hydrogen) atoms. The fourth-order valence-electron chi connectivity index (χ4n) is 2.37. The van der Waals surface area contributed by atoms with Crippen LogP contribution in [0, 0.1) is 0 Å². The van der Waals surface area contributed by atoms with E-state index in [-0.39, 0.29) is 22.6 Å². The van der Waals surface area contributed by atoms with Gasteiger partial charge >= 0.3 is 11.9 Å². The normalized spacial score (nSPS) is 13.2. The molecule has 0 amide bonds. The second-order valence-electron chi connectivity index (χ2n) is 5.41. The molecule has 0 bridgehead atoms. The average molecular weight is 391 g/mol. The number of hydrogen-bond donors (Lipinski definition) is 3. The maximum Gasteiger partial charge on any atom is 0.419 e. The van der Waals surface area contributed by atoms with Gasteiger partial charge in [0.2, 0.25) is 0 Å². The van der Waals surface area contributed by atoms with Crippen LogP contribution in [0.15, 0.2) is 29.1 Å². The number of imidazole rings is 1. The molecule has 1 atom stereocenters. The topological polar surface area (TPSA) is 73.6 Å². The van der Waals surface area contributed by atoms with Crippen LogP contribution in [0.3, 0.4) is 0 Å². The van der Waals surface area contributed by atoms with Crippen LogP contribution < -0.4 is 11.0 Å². The molecular formula is C15H11Cl2F3N4O. The van der Waals surface area contributed by atoms with Crippen molar-refractivity contribution < 1.29 is 13.2 Å². The van der Waals surface area contributed by atoms with Crippen LogP contribution >= 0.6 is 23.2 Å². The lowest BCUT2D eigenvalue weighted by Gasteiger charge is -2.17. The largest absolute Gasteiger partial charge is 0.419 e. The van der Waals surface area contributed by atoms with Crippen molar-refractivity contribution in [1.82, 2.24) is 15.0 Å². The lowest BCUT2D eigenvalue weighted by Crippen LogP contribution is -2.12. The number of alkyl halides is 3. The van der Waals surface area contributed by atoms with Gasteiger partial charge in [-0.05, 0) is 30.7 Å². The van der Waals surface area contributed by atoms with Crippen molar-refractivity contribution in [1.29, 1.82) is 0 Å². The Labute approximate surface area is 149 Å². The van der Waals surface area contributed by atoms with Gasteiger partial charge in [-0.25, -0.2) is 9.78 Å². The number of aromatic amines is 2. The summed E-state index contributed by atoms with van der Waals surface area (Å²) >= 11 is 11.5. The zero-order valence-corrected chi connectivity index (χ0v) is 14.1. The number of halogens is 5. The van der Waals surface area contributed by atoms with Crippen molar-refractivity contribution in [3.05, 3.63) is 56.1 Å². The molecule has 0 saturated carbocycles. The first kappa shape index (κ1) is 17.6. The minimum absolute atomic E-state index is 0.0369. The molecule has 132 valence electrons. The van der Waals surface area contributed by atoms with Crippen molar-refractivity contribution in [3.8, 4) is 0 Å². The van der Waals surface area contributed by atoms with Gasteiger partial charge in [0, 0.05) is 0 Å². The highest BCUT2D eigenvalue weighted by molar-refractivity contribution is 6.34. The third kappa shape index (κ3) is 3.59.